The fourth-order valence-corrected chi connectivity index (χ4v) is 3.99. The van der Waals surface area contributed by atoms with Gasteiger partial charge in [-0.3, -0.25) is 0 Å². The molecule has 0 aromatic heterocycles. The zero-order valence-electron chi connectivity index (χ0n) is 12.5. The molecule has 1 N–H and O–H groups in total. The summed E-state index contributed by atoms with van der Waals surface area (Å²) in [7, 11) is 1.62. The second kappa shape index (κ2) is 5.83. The topological polar surface area (TPSA) is 70.1 Å². The molecule has 2 aliphatic carbocycles. The van der Waals surface area contributed by atoms with E-state index in [4.69, 9.17) is 4.74 Å². The van der Waals surface area contributed by atoms with Gasteiger partial charge in [-0.05, 0) is 37.5 Å². The molecule has 3 unspecified atom stereocenters. The number of carboxylic acids is 1. The summed E-state index contributed by atoms with van der Waals surface area (Å²) >= 11 is 0. The first-order valence-electron chi connectivity index (χ1n) is 7.92. The molecule has 3 aliphatic rings. The zero-order valence-corrected chi connectivity index (χ0v) is 12.5. The molecule has 2 saturated carbocycles. The first-order chi connectivity index (χ1) is 10.1. The fraction of sp³-hybridized carbons (Fsp3) is 0.867. The third kappa shape index (κ3) is 2.73. The summed E-state index contributed by atoms with van der Waals surface area (Å²) < 4.78 is 5.08. The van der Waals surface area contributed by atoms with E-state index in [1.165, 1.54) is 0 Å². The van der Waals surface area contributed by atoms with Crippen LogP contribution in [0.3, 0.4) is 0 Å². The number of aliphatic carboxylic acids is 1. The Balaban J connectivity index is 1.74. The molecular formula is C15H24N2O4. The number of urea groups is 1. The van der Waals surface area contributed by atoms with Gasteiger partial charge in [0, 0.05) is 26.2 Å². The van der Waals surface area contributed by atoms with E-state index in [0.29, 0.717) is 25.6 Å². The van der Waals surface area contributed by atoms with Crippen molar-refractivity contribution in [3.63, 3.8) is 0 Å². The molecule has 0 aromatic rings. The molecule has 6 heteroatoms. The molecule has 3 rings (SSSR count). The first-order valence-corrected chi connectivity index (χ1v) is 7.92. The normalized spacial score (nSPS) is 31.3. The third-order valence-electron chi connectivity index (χ3n) is 5.16. The van der Waals surface area contributed by atoms with E-state index in [9.17, 15) is 14.7 Å². The van der Waals surface area contributed by atoms with Crippen molar-refractivity contribution in [2.24, 2.45) is 11.8 Å². The largest absolute Gasteiger partial charge is 0.480 e. The highest BCUT2D eigenvalue weighted by atomic mass is 16.5. The molecule has 0 aromatic carbocycles. The number of carbonyl (C=O) groups excluding carboxylic acids is 1. The minimum Gasteiger partial charge on any atom is -0.480 e. The monoisotopic (exact) mass is 296 g/mol. The van der Waals surface area contributed by atoms with E-state index < -0.39 is 12.0 Å². The lowest BCUT2D eigenvalue weighted by molar-refractivity contribution is -0.142. The average Bonchev–Trinajstić information content (AvgIpc) is 3.06. The van der Waals surface area contributed by atoms with Gasteiger partial charge in [0.1, 0.15) is 6.04 Å². The van der Waals surface area contributed by atoms with E-state index in [0.717, 1.165) is 32.1 Å². The number of hydrogen-bond acceptors (Lipinski definition) is 3. The van der Waals surface area contributed by atoms with Crippen LogP contribution < -0.4 is 0 Å². The van der Waals surface area contributed by atoms with Gasteiger partial charge in [0.2, 0.25) is 0 Å². The molecule has 0 radical (unpaired) electrons. The van der Waals surface area contributed by atoms with Crippen molar-refractivity contribution >= 4 is 12.0 Å². The number of ether oxygens (including phenoxy) is 1. The van der Waals surface area contributed by atoms with Crippen LogP contribution in [0.4, 0.5) is 4.79 Å². The predicted molar refractivity (Wildman–Crippen MR) is 76.0 cm³/mol. The number of methoxy groups -OCH3 is 1. The SMILES string of the molecule is COCCN(C(=O)N1CC2CCCC2C1C(=O)O)C1CC1. The number of likely N-dealkylation sites (tertiary alicyclic amines) is 1. The van der Waals surface area contributed by atoms with Gasteiger partial charge < -0.3 is 19.6 Å². The van der Waals surface area contributed by atoms with Crippen molar-refractivity contribution in [3.8, 4) is 0 Å². The molecule has 3 fully saturated rings. The molecular weight excluding hydrogens is 272 g/mol. The van der Waals surface area contributed by atoms with Crippen molar-refractivity contribution in [2.75, 3.05) is 26.8 Å². The highest BCUT2D eigenvalue weighted by Crippen LogP contribution is 2.43. The Hall–Kier alpha value is -1.30. The second-order valence-corrected chi connectivity index (χ2v) is 6.49. The first kappa shape index (κ1) is 14.6. The van der Waals surface area contributed by atoms with Crippen molar-refractivity contribution in [1.82, 2.24) is 9.80 Å². The van der Waals surface area contributed by atoms with Gasteiger partial charge in [-0.15, -0.1) is 0 Å². The molecule has 6 nitrogen and oxygen atoms in total. The summed E-state index contributed by atoms with van der Waals surface area (Å²) in [5.41, 5.74) is 0. The Morgan fingerprint density at radius 3 is 2.67 bits per heavy atom. The van der Waals surface area contributed by atoms with Crippen molar-refractivity contribution < 1.29 is 19.4 Å². The number of nitrogens with zero attached hydrogens (tertiary/aromatic N) is 2. The highest BCUT2D eigenvalue weighted by molar-refractivity contribution is 5.84. The molecule has 3 atom stereocenters. The van der Waals surface area contributed by atoms with Crippen molar-refractivity contribution in [2.45, 2.75) is 44.2 Å². The molecule has 1 heterocycles. The lowest BCUT2D eigenvalue weighted by Crippen LogP contribution is -2.51. The third-order valence-corrected chi connectivity index (χ3v) is 5.16. The maximum Gasteiger partial charge on any atom is 0.326 e. The molecule has 1 saturated heterocycles. The Kier molecular flexibility index (Phi) is 4.06. The Morgan fingerprint density at radius 1 is 1.29 bits per heavy atom. The van der Waals surface area contributed by atoms with Crippen LogP contribution in [-0.2, 0) is 9.53 Å². The average molecular weight is 296 g/mol. The van der Waals surface area contributed by atoms with Crippen LogP contribution in [0.2, 0.25) is 0 Å². The Labute approximate surface area is 125 Å². The van der Waals surface area contributed by atoms with Crippen LogP contribution in [0.1, 0.15) is 32.1 Å². The fourth-order valence-electron chi connectivity index (χ4n) is 3.99. The van der Waals surface area contributed by atoms with Gasteiger partial charge in [0.15, 0.2) is 0 Å². The maximum atomic E-state index is 12.8. The van der Waals surface area contributed by atoms with Gasteiger partial charge >= 0.3 is 12.0 Å². The van der Waals surface area contributed by atoms with Crippen LogP contribution in [-0.4, -0.2) is 65.8 Å². The number of amides is 2. The van der Waals surface area contributed by atoms with E-state index in [-0.39, 0.29) is 18.0 Å². The minimum absolute atomic E-state index is 0.101. The maximum absolute atomic E-state index is 12.8. The number of carboxylic acid groups (broad SMARTS) is 1. The zero-order chi connectivity index (χ0) is 15.0. The van der Waals surface area contributed by atoms with Crippen LogP contribution in [0, 0.1) is 11.8 Å². The summed E-state index contributed by atoms with van der Waals surface area (Å²) in [6.45, 7) is 1.66. The lowest BCUT2D eigenvalue weighted by atomic mass is 9.94. The smallest absolute Gasteiger partial charge is 0.326 e. The summed E-state index contributed by atoms with van der Waals surface area (Å²) in [5.74, 6) is -0.325. The summed E-state index contributed by atoms with van der Waals surface area (Å²) in [6.07, 6.45) is 5.13. The number of fused-ring (bicyclic) bond motifs is 1. The molecule has 2 amide bonds. The van der Waals surface area contributed by atoms with Crippen LogP contribution >= 0.6 is 0 Å². The van der Waals surface area contributed by atoms with Crippen molar-refractivity contribution in [3.05, 3.63) is 0 Å². The van der Waals surface area contributed by atoms with Crippen LogP contribution in [0.25, 0.3) is 0 Å². The summed E-state index contributed by atoms with van der Waals surface area (Å²) in [5, 5.41) is 9.55. The van der Waals surface area contributed by atoms with Crippen LogP contribution in [0.5, 0.6) is 0 Å². The number of carbonyl (C=O) groups is 2. The molecule has 21 heavy (non-hydrogen) atoms. The Morgan fingerprint density at radius 2 is 2.05 bits per heavy atom. The number of rotatable bonds is 5. The molecule has 1 aliphatic heterocycles. The summed E-state index contributed by atoms with van der Waals surface area (Å²) in [6, 6.07) is -0.451. The molecule has 0 spiro atoms. The molecule has 0 bridgehead atoms. The predicted octanol–water partition coefficient (Wildman–Crippen LogP) is 1.40. The molecule has 118 valence electrons. The van der Waals surface area contributed by atoms with Gasteiger partial charge in [-0.25, -0.2) is 9.59 Å². The van der Waals surface area contributed by atoms with E-state index in [2.05, 4.69) is 0 Å². The summed E-state index contributed by atoms with van der Waals surface area (Å²) in [4.78, 5) is 27.9. The second-order valence-electron chi connectivity index (χ2n) is 6.49. The van der Waals surface area contributed by atoms with Gasteiger partial charge in [0.25, 0.3) is 0 Å². The highest BCUT2D eigenvalue weighted by Gasteiger charge is 2.51. The van der Waals surface area contributed by atoms with Crippen LogP contribution in [0.15, 0.2) is 0 Å². The van der Waals surface area contributed by atoms with E-state index in [1.807, 2.05) is 4.90 Å². The minimum atomic E-state index is -0.847. The van der Waals surface area contributed by atoms with Crippen molar-refractivity contribution in [1.29, 1.82) is 0 Å². The van der Waals surface area contributed by atoms with Gasteiger partial charge in [-0.1, -0.05) is 6.42 Å². The van der Waals surface area contributed by atoms with Gasteiger partial charge in [-0.2, -0.15) is 0 Å². The Bertz CT molecular complexity index is 424. The number of hydrogen-bond donors (Lipinski definition) is 1. The van der Waals surface area contributed by atoms with E-state index >= 15 is 0 Å². The van der Waals surface area contributed by atoms with E-state index in [1.54, 1.807) is 12.0 Å². The van der Waals surface area contributed by atoms with Gasteiger partial charge in [0.05, 0.1) is 6.61 Å². The standard InChI is InChI=1S/C15H24N2O4/c1-21-8-7-16(11-5-6-11)15(20)17-9-10-3-2-4-12(10)13(17)14(18)19/h10-13H,2-9H2,1H3,(H,18,19). The quantitative estimate of drug-likeness (QED) is 0.832. The lowest BCUT2D eigenvalue weighted by Gasteiger charge is -2.31.